The Labute approximate surface area is 150 Å². The molecular formula is C19H28N2O3S. The van der Waals surface area contributed by atoms with Gasteiger partial charge in [0.2, 0.25) is 5.91 Å². The molecule has 0 radical (unpaired) electrons. The molecule has 0 saturated carbocycles. The predicted molar refractivity (Wildman–Crippen MR) is 99.5 cm³/mol. The van der Waals surface area contributed by atoms with Gasteiger partial charge in [-0.25, -0.2) is 8.42 Å². The second kappa shape index (κ2) is 7.46. The molecule has 1 atom stereocenters. The van der Waals surface area contributed by atoms with Crippen LogP contribution in [-0.2, 0) is 33.9 Å². The van der Waals surface area contributed by atoms with Gasteiger partial charge in [-0.1, -0.05) is 18.2 Å². The summed E-state index contributed by atoms with van der Waals surface area (Å²) in [7, 11) is 0.933. The molecule has 3 rings (SSSR count). The first-order valence-corrected chi connectivity index (χ1v) is 10.9. The minimum atomic E-state index is -3.00. The van der Waals surface area contributed by atoms with E-state index in [4.69, 9.17) is 0 Å². The van der Waals surface area contributed by atoms with Crippen molar-refractivity contribution in [1.82, 2.24) is 9.80 Å². The first-order valence-electron chi connectivity index (χ1n) is 9.09. The van der Waals surface area contributed by atoms with Crippen LogP contribution < -0.4 is 0 Å². The highest BCUT2D eigenvalue weighted by Crippen LogP contribution is 2.24. The van der Waals surface area contributed by atoms with Crippen LogP contribution in [-0.4, -0.2) is 68.9 Å². The third-order valence-corrected chi connectivity index (χ3v) is 7.03. The highest BCUT2D eigenvalue weighted by Gasteiger charge is 2.34. The normalized spacial score (nSPS) is 21.5. The summed E-state index contributed by atoms with van der Waals surface area (Å²) in [6, 6.07) is 6.19. The molecule has 5 nitrogen and oxygen atoms in total. The molecule has 1 fully saturated rings. The number of hydrogen-bond acceptors (Lipinski definition) is 4. The van der Waals surface area contributed by atoms with Crippen LogP contribution in [0.25, 0.3) is 0 Å². The van der Waals surface area contributed by atoms with E-state index in [1.165, 1.54) is 17.5 Å². The van der Waals surface area contributed by atoms with Gasteiger partial charge in [0.25, 0.3) is 0 Å². The number of aryl methyl sites for hydroxylation is 2. The summed E-state index contributed by atoms with van der Waals surface area (Å²) in [5.74, 6) is 0.348. The minimum absolute atomic E-state index is 0.0434. The topological polar surface area (TPSA) is 57.7 Å². The Morgan fingerprint density at radius 2 is 1.92 bits per heavy atom. The number of fused-ring (bicyclic) bond motifs is 1. The lowest BCUT2D eigenvalue weighted by Gasteiger charge is -2.29. The molecule has 1 aromatic rings. The number of hydrogen-bond donors (Lipinski definition) is 0. The van der Waals surface area contributed by atoms with Gasteiger partial charge in [0.05, 0.1) is 17.9 Å². The van der Waals surface area contributed by atoms with E-state index in [1.807, 2.05) is 19.0 Å². The Morgan fingerprint density at radius 1 is 1.16 bits per heavy atom. The molecular weight excluding hydrogens is 336 g/mol. The molecule has 2 aliphatic rings. The summed E-state index contributed by atoms with van der Waals surface area (Å²) in [6.07, 6.45) is 4.35. The van der Waals surface area contributed by atoms with Gasteiger partial charge >= 0.3 is 0 Å². The van der Waals surface area contributed by atoms with E-state index < -0.39 is 9.84 Å². The van der Waals surface area contributed by atoms with Gasteiger partial charge in [-0.05, 0) is 56.5 Å². The molecule has 6 heteroatoms. The first kappa shape index (κ1) is 18.4. The number of rotatable bonds is 6. The number of carbonyl (C=O) groups excluding carboxylic acids is 1. The Balaban J connectivity index is 1.72. The van der Waals surface area contributed by atoms with Crippen LogP contribution in [0.4, 0.5) is 0 Å². The van der Waals surface area contributed by atoms with Crippen molar-refractivity contribution in [2.24, 2.45) is 0 Å². The molecule has 1 heterocycles. The predicted octanol–water partition coefficient (Wildman–Crippen LogP) is 1.30. The average Bonchev–Trinajstić information content (AvgIpc) is 3.13. The van der Waals surface area contributed by atoms with Crippen LogP contribution in [0, 0.1) is 0 Å². The zero-order valence-corrected chi connectivity index (χ0v) is 16.0. The number of likely N-dealkylation sites (N-methyl/N-ethyl adjacent to an activating group) is 1. The number of sulfone groups is 1. The van der Waals surface area contributed by atoms with Gasteiger partial charge in [0.1, 0.15) is 0 Å². The van der Waals surface area contributed by atoms with E-state index in [1.54, 1.807) is 4.90 Å². The zero-order valence-electron chi connectivity index (χ0n) is 15.2. The molecule has 138 valence electrons. The molecule has 25 heavy (non-hydrogen) atoms. The van der Waals surface area contributed by atoms with Crippen molar-refractivity contribution in [3.8, 4) is 0 Å². The van der Waals surface area contributed by atoms with E-state index in [0.29, 0.717) is 19.4 Å². The molecule has 0 aromatic heterocycles. The van der Waals surface area contributed by atoms with Crippen molar-refractivity contribution in [1.29, 1.82) is 0 Å². The summed E-state index contributed by atoms with van der Waals surface area (Å²) in [6.45, 7) is 1.32. The maximum absolute atomic E-state index is 12.9. The van der Waals surface area contributed by atoms with Gasteiger partial charge in [-0.15, -0.1) is 0 Å². The minimum Gasteiger partial charge on any atom is -0.337 e. The molecule has 1 aliphatic heterocycles. The lowest BCUT2D eigenvalue weighted by molar-refractivity contribution is -0.132. The van der Waals surface area contributed by atoms with Gasteiger partial charge in [-0.3, -0.25) is 4.79 Å². The maximum atomic E-state index is 12.9. The van der Waals surface area contributed by atoms with Crippen LogP contribution in [0.3, 0.4) is 0 Å². The van der Waals surface area contributed by atoms with Gasteiger partial charge < -0.3 is 9.80 Å². The summed E-state index contributed by atoms with van der Waals surface area (Å²) >= 11 is 0. The van der Waals surface area contributed by atoms with Crippen LogP contribution in [0.15, 0.2) is 18.2 Å². The largest absolute Gasteiger partial charge is 0.337 e. The van der Waals surface area contributed by atoms with Crippen molar-refractivity contribution < 1.29 is 13.2 Å². The van der Waals surface area contributed by atoms with E-state index >= 15 is 0 Å². The Kier molecular flexibility index (Phi) is 5.49. The molecule has 0 bridgehead atoms. The third-order valence-electron chi connectivity index (χ3n) is 5.28. The van der Waals surface area contributed by atoms with Crippen LogP contribution in [0.1, 0.15) is 29.5 Å². The quantitative estimate of drug-likeness (QED) is 0.763. The van der Waals surface area contributed by atoms with Crippen LogP contribution >= 0.6 is 0 Å². The number of carbonyl (C=O) groups is 1. The smallest absolute Gasteiger partial charge is 0.227 e. The number of nitrogens with zero attached hydrogens (tertiary/aromatic N) is 2. The van der Waals surface area contributed by atoms with E-state index in [2.05, 4.69) is 18.2 Å². The number of benzene rings is 1. The maximum Gasteiger partial charge on any atom is 0.227 e. The lowest BCUT2D eigenvalue weighted by atomic mass is 10.0. The Morgan fingerprint density at radius 3 is 2.60 bits per heavy atom. The highest BCUT2D eigenvalue weighted by atomic mass is 32.2. The molecule has 0 unspecified atom stereocenters. The Bertz CT molecular complexity index is 743. The van der Waals surface area contributed by atoms with Crippen LogP contribution in [0.5, 0.6) is 0 Å². The number of amides is 1. The van der Waals surface area contributed by atoms with E-state index in [9.17, 15) is 13.2 Å². The fourth-order valence-electron chi connectivity index (χ4n) is 3.85. The van der Waals surface area contributed by atoms with Crippen molar-refractivity contribution in [2.45, 2.75) is 38.1 Å². The summed E-state index contributed by atoms with van der Waals surface area (Å²) < 4.78 is 23.7. The van der Waals surface area contributed by atoms with Crippen LogP contribution in [0.2, 0.25) is 0 Å². The van der Waals surface area contributed by atoms with Crippen molar-refractivity contribution in [2.75, 3.05) is 38.7 Å². The average molecular weight is 365 g/mol. The summed E-state index contributed by atoms with van der Waals surface area (Å²) in [5.41, 5.74) is 3.82. The second-order valence-electron chi connectivity index (χ2n) is 7.58. The molecule has 1 saturated heterocycles. The molecule has 0 spiro atoms. The highest BCUT2D eigenvalue weighted by molar-refractivity contribution is 7.91. The fraction of sp³-hybridized carbons (Fsp3) is 0.632. The van der Waals surface area contributed by atoms with Gasteiger partial charge in [-0.2, -0.15) is 0 Å². The van der Waals surface area contributed by atoms with E-state index in [-0.39, 0.29) is 23.5 Å². The van der Waals surface area contributed by atoms with E-state index in [0.717, 1.165) is 24.9 Å². The van der Waals surface area contributed by atoms with Gasteiger partial charge in [0, 0.05) is 19.1 Å². The van der Waals surface area contributed by atoms with Gasteiger partial charge in [0.15, 0.2) is 9.84 Å². The lowest BCUT2D eigenvalue weighted by Crippen LogP contribution is -2.45. The van der Waals surface area contributed by atoms with Crippen molar-refractivity contribution >= 4 is 15.7 Å². The SMILES string of the molecule is CN(C)CCN(C(=O)Cc1ccc2c(c1)CCC2)[C@@H]1CCS(=O)(=O)C1. The summed E-state index contributed by atoms with van der Waals surface area (Å²) in [4.78, 5) is 16.8. The monoisotopic (exact) mass is 364 g/mol. The third kappa shape index (κ3) is 4.61. The Hall–Kier alpha value is -1.40. The standard InChI is InChI=1S/C19H28N2O3S/c1-20(2)9-10-21(18-8-11-25(23,24)14-18)19(22)13-15-6-7-16-4-3-5-17(16)12-15/h6-7,12,18H,3-5,8-11,13-14H2,1-2H3/t18-/m1/s1. The molecule has 1 aliphatic carbocycles. The van der Waals surface area contributed by atoms with Crippen molar-refractivity contribution in [3.05, 3.63) is 34.9 Å². The molecule has 0 N–H and O–H groups in total. The summed E-state index contributed by atoms with van der Waals surface area (Å²) in [5, 5.41) is 0. The molecule has 1 aromatic carbocycles. The first-order chi connectivity index (χ1) is 11.8. The molecule has 1 amide bonds. The fourth-order valence-corrected chi connectivity index (χ4v) is 5.58. The zero-order chi connectivity index (χ0) is 18.0. The van der Waals surface area contributed by atoms with Crippen molar-refractivity contribution in [3.63, 3.8) is 0 Å². The second-order valence-corrected chi connectivity index (χ2v) is 9.81.